The Bertz CT molecular complexity index is 386. The molecule has 0 atom stereocenters. The molecule has 17 heavy (non-hydrogen) atoms. The number of hydrogen-bond acceptors (Lipinski definition) is 1. The minimum atomic E-state index is -1.47. The summed E-state index contributed by atoms with van der Waals surface area (Å²) >= 11 is 0. The van der Waals surface area contributed by atoms with Crippen LogP contribution in [0.2, 0.25) is 0 Å². The molecule has 0 aromatic heterocycles. The molecule has 0 saturated carbocycles. The second-order valence-corrected chi connectivity index (χ2v) is 4.00. The first-order chi connectivity index (χ1) is 7.91. The van der Waals surface area contributed by atoms with Crippen molar-refractivity contribution in [2.45, 2.75) is 33.1 Å². The second kappa shape index (κ2) is 5.38. The standard InChI is InChI=1S/C12H14F4O/c1-4-5-17-12-10(15)8(13)7(6(2)3)9(14)11(12)16/h6H,4-5H2,1-3H3. The summed E-state index contributed by atoms with van der Waals surface area (Å²) in [5.74, 6) is -7.34. The Morgan fingerprint density at radius 2 is 1.41 bits per heavy atom. The summed E-state index contributed by atoms with van der Waals surface area (Å²) in [6.07, 6.45) is 0.480. The van der Waals surface area contributed by atoms with Gasteiger partial charge in [-0.15, -0.1) is 0 Å². The summed E-state index contributed by atoms with van der Waals surface area (Å²) in [6, 6.07) is 0. The van der Waals surface area contributed by atoms with E-state index >= 15 is 0 Å². The van der Waals surface area contributed by atoms with Crippen LogP contribution in [0.25, 0.3) is 0 Å². The summed E-state index contributed by atoms with van der Waals surface area (Å²) < 4.78 is 58.7. The van der Waals surface area contributed by atoms with Gasteiger partial charge in [-0.25, -0.2) is 8.78 Å². The Hall–Kier alpha value is -1.26. The van der Waals surface area contributed by atoms with E-state index in [-0.39, 0.29) is 6.61 Å². The number of hydrogen-bond donors (Lipinski definition) is 0. The van der Waals surface area contributed by atoms with Crippen molar-refractivity contribution in [3.05, 3.63) is 28.8 Å². The van der Waals surface area contributed by atoms with E-state index in [0.717, 1.165) is 0 Å². The summed E-state index contributed by atoms with van der Waals surface area (Å²) in [7, 11) is 0. The Morgan fingerprint density at radius 3 is 1.76 bits per heavy atom. The topological polar surface area (TPSA) is 9.23 Å². The van der Waals surface area contributed by atoms with E-state index in [1.165, 1.54) is 13.8 Å². The molecule has 0 N–H and O–H groups in total. The molecule has 1 aromatic rings. The molecule has 0 spiro atoms. The van der Waals surface area contributed by atoms with Gasteiger partial charge in [0.1, 0.15) is 0 Å². The highest BCUT2D eigenvalue weighted by Gasteiger charge is 2.27. The number of halogens is 4. The predicted molar refractivity (Wildman–Crippen MR) is 56.1 cm³/mol. The van der Waals surface area contributed by atoms with E-state index in [0.29, 0.717) is 6.42 Å². The molecule has 0 amide bonds. The first-order valence-corrected chi connectivity index (χ1v) is 5.40. The number of ether oxygens (including phenoxy) is 1. The van der Waals surface area contributed by atoms with Crippen molar-refractivity contribution in [2.75, 3.05) is 6.61 Å². The zero-order chi connectivity index (χ0) is 13.2. The van der Waals surface area contributed by atoms with Crippen LogP contribution in [-0.4, -0.2) is 6.61 Å². The van der Waals surface area contributed by atoms with Crippen molar-refractivity contribution >= 4 is 0 Å². The average Bonchev–Trinajstić information content (AvgIpc) is 2.26. The smallest absolute Gasteiger partial charge is 0.204 e. The van der Waals surface area contributed by atoms with E-state index in [4.69, 9.17) is 0 Å². The van der Waals surface area contributed by atoms with Crippen LogP contribution in [0.15, 0.2) is 0 Å². The first-order valence-electron chi connectivity index (χ1n) is 5.40. The van der Waals surface area contributed by atoms with Gasteiger partial charge in [0.25, 0.3) is 0 Å². The van der Waals surface area contributed by atoms with Crippen LogP contribution >= 0.6 is 0 Å². The van der Waals surface area contributed by atoms with E-state index in [1.807, 2.05) is 0 Å². The third kappa shape index (κ3) is 2.53. The van der Waals surface area contributed by atoms with E-state index in [9.17, 15) is 17.6 Å². The quantitative estimate of drug-likeness (QED) is 0.576. The first kappa shape index (κ1) is 13.8. The molecule has 0 saturated heterocycles. The lowest BCUT2D eigenvalue weighted by Gasteiger charge is -2.14. The Morgan fingerprint density at radius 1 is 0.941 bits per heavy atom. The fourth-order valence-electron chi connectivity index (χ4n) is 1.47. The fourth-order valence-corrected chi connectivity index (χ4v) is 1.47. The molecule has 0 unspecified atom stereocenters. The Kier molecular flexibility index (Phi) is 4.37. The molecule has 1 aromatic carbocycles. The molecule has 1 rings (SSSR count). The van der Waals surface area contributed by atoms with Crippen molar-refractivity contribution in [1.82, 2.24) is 0 Å². The summed E-state index contributed by atoms with van der Waals surface area (Å²) in [4.78, 5) is 0. The van der Waals surface area contributed by atoms with Crippen molar-refractivity contribution < 1.29 is 22.3 Å². The predicted octanol–water partition coefficient (Wildman–Crippen LogP) is 4.16. The largest absolute Gasteiger partial charge is 0.487 e. The van der Waals surface area contributed by atoms with Gasteiger partial charge in [-0.05, 0) is 12.3 Å². The zero-order valence-corrected chi connectivity index (χ0v) is 9.91. The highest BCUT2D eigenvalue weighted by atomic mass is 19.2. The fraction of sp³-hybridized carbons (Fsp3) is 0.500. The summed E-state index contributed by atoms with van der Waals surface area (Å²) in [6.45, 7) is 4.61. The van der Waals surface area contributed by atoms with Crippen LogP contribution in [0.5, 0.6) is 5.75 Å². The molecule has 0 fully saturated rings. The molecule has 0 bridgehead atoms. The van der Waals surface area contributed by atoms with Crippen LogP contribution in [0.4, 0.5) is 17.6 Å². The van der Waals surface area contributed by atoms with E-state index in [2.05, 4.69) is 4.74 Å². The normalized spacial score (nSPS) is 11.1. The molecule has 96 valence electrons. The van der Waals surface area contributed by atoms with Crippen LogP contribution in [0.3, 0.4) is 0 Å². The molecule has 0 aliphatic heterocycles. The van der Waals surface area contributed by atoms with Gasteiger partial charge in [-0.3, -0.25) is 0 Å². The molecular formula is C12H14F4O. The van der Waals surface area contributed by atoms with Gasteiger partial charge in [0.05, 0.1) is 6.61 Å². The lowest BCUT2D eigenvalue weighted by atomic mass is 10.0. The second-order valence-electron chi connectivity index (χ2n) is 4.00. The maximum Gasteiger partial charge on any atom is 0.204 e. The van der Waals surface area contributed by atoms with Gasteiger partial charge in [-0.2, -0.15) is 8.78 Å². The average molecular weight is 250 g/mol. The van der Waals surface area contributed by atoms with Gasteiger partial charge in [-0.1, -0.05) is 20.8 Å². The molecular weight excluding hydrogens is 236 g/mol. The van der Waals surface area contributed by atoms with Gasteiger partial charge >= 0.3 is 0 Å². The molecule has 0 aliphatic rings. The highest BCUT2D eigenvalue weighted by molar-refractivity contribution is 5.35. The maximum atomic E-state index is 13.5. The van der Waals surface area contributed by atoms with Crippen LogP contribution in [0.1, 0.15) is 38.7 Å². The molecule has 0 heterocycles. The number of benzene rings is 1. The highest BCUT2D eigenvalue weighted by Crippen LogP contribution is 2.33. The minimum Gasteiger partial charge on any atom is -0.487 e. The van der Waals surface area contributed by atoms with Crippen molar-refractivity contribution in [2.24, 2.45) is 0 Å². The maximum absolute atomic E-state index is 13.5. The number of rotatable bonds is 4. The van der Waals surface area contributed by atoms with Gasteiger partial charge in [0.15, 0.2) is 17.4 Å². The molecule has 5 heteroatoms. The lowest BCUT2D eigenvalue weighted by molar-refractivity contribution is 0.269. The van der Waals surface area contributed by atoms with Crippen LogP contribution < -0.4 is 4.74 Å². The van der Waals surface area contributed by atoms with Gasteiger partial charge in [0.2, 0.25) is 11.6 Å². The Balaban J connectivity index is 3.36. The summed E-state index contributed by atoms with van der Waals surface area (Å²) in [5, 5.41) is 0. The Labute approximate surface area is 97.4 Å². The monoisotopic (exact) mass is 250 g/mol. The van der Waals surface area contributed by atoms with E-state index in [1.54, 1.807) is 6.92 Å². The molecule has 0 aliphatic carbocycles. The van der Waals surface area contributed by atoms with E-state index < -0.39 is 40.5 Å². The van der Waals surface area contributed by atoms with Crippen molar-refractivity contribution in [3.63, 3.8) is 0 Å². The lowest BCUT2D eigenvalue weighted by Crippen LogP contribution is -2.09. The van der Waals surface area contributed by atoms with Crippen molar-refractivity contribution in [1.29, 1.82) is 0 Å². The zero-order valence-electron chi connectivity index (χ0n) is 9.91. The minimum absolute atomic E-state index is 0.00621. The third-order valence-electron chi connectivity index (χ3n) is 2.28. The van der Waals surface area contributed by atoms with Gasteiger partial charge in [0, 0.05) is 5.56 Å². The van der Waals surface area contributed by atoms with Crippen molar-refractivity contribution in [3.8, 4) is 5.75 Å². The van der Waals surface area contributed by atoms with Gasteiger partial charge < -0.3 is 4.74 Å². The SMILES string of the molecule is CCCOc1c(F)c(F)c(C(C)C)c(F)c1F. The summed E-state index contributed by atoms with van der Waals surface area (Å²) in [5.41, 5.74) is -0.594. The molecule has 1 nitrogen and oxygen atoms in total. The third-order valence-corrected chi connectivity index (χ3v) is 2.28. The van der Waals surface area contributed by atoms with Crippen LogP contribution in [-0.2, 0) is 0 Å². The van der Waals surface area contributed by atoms with Crippen LogP contribution in [0, 0.1) is 23.3 Å². The molecule has 0 radical (unpaired) electrons.